The lowest BCUT2D eigenvalue weighted by atomic mass is 10.0. The van der Waals surface area contributed by atoms with E-state index >= 15 is 0 Å². The highest BCUT2D eigenvalue weighted by atomic mass is 19.4. The quantitative estimate of drug-likeness (QED) is 0.107. The minimum Gasteiger partial charge on any atom is -0.378 e. The molecule has 262 valence electrons. The van der Waals surface area contributed by atoms with E-state index < -0.39 is 23.7 Å². The van der Waals surface area contributed by atoms with Gasteiger partial charge in [0.2, 0.25) is 11.8 Å². The summed E-state index contributed by atoms with van der Waals surface area (Å²) >= 11 is 0. The number of carbonyl (C=O) groups is 2. The lowest BCUT2D eigenvalue weighted by Crippen LogP contribution is -2.51. The molecule has 1 aliphatic heterocycles. The smallest absolute Gasteiger partial charge is 0.378 e. The number of amides is 2. The van der Waals surface area contributed by atoms with Crippen LogP contribution in [0, 0.1) is 0 Å². The van der Waals surface area contributed by atoms with Crippen molar-refractivity contribution in [3.8, 4) is 0 Å². The number of anilines is 1. The number of carbonyl (C=O) groups excluding carboxylic acids is 2. The minimum atomic E-state index is -4.46. The van der Waals surface area contributed by atoms with Gasteiger partial charge in [-0.3, -0.25) is 9.59 Å². The minimum absolute atomic E-state index is 0.140. The summed E-state index contributed by atoms with van der Waals surface area (Å²) in [5.41, 5.74) is 3.45. The van der Waals surface area contributed by atoms with Crippen LogP contribution in [0.3, 0.4) is 0 Å². The molecule has 5 rings (SSSR count). The van der Waals surface area contributed by atoms with Crippen molar-refractivity contribution in [3.63, 3.8) is 0 Å². The molecule has 1 aliphatic rings. The molecule has 2 amide bonds. The number of hydrogen-bond acceptors (Lipinski definition) is 5. The molecule has 4 aromatic rings. The van der Waals surface area contributed by atoms with Gasteiger partial charge in [0, 0.05) is 51.4 Å². The molecule has 0 bridgehead atoms. The molecule has 0 aromatic heterocycles. The van der Waals surface area contributed by atoms with Gasteiger partial charge in [-0.15, -0.1) is 0 Å². The van der Waals surface area contributed by atoms with Gasteiger partial charge >= 0.3 is 6.18 Å². The van der Waals surface area contributed by atoms with Gasteiger partial charge in [0.05, 0.1) is 32.0 Å². The van der Waals surface area contributed by atoms with Crippen molar-refractivity contribution in [2.45, 2.75) is 31.8 Å². The van der Waals surface area contributed by atoms with Crippen LogP contribution >= 0.6 is 0 Å². The molecule has 7 nitrogen and oxygen atoms in total. The van der Waals surface area contributed by atoms with Gasteiger partial charge < -0.3 is 24.2 Å². The fraction of sp³-hybridized carbons (Fsp3) is 0.300. The highest BCUT2D eigenvalue weighted by Gasteiger charge is 2.32. The summed E-state index contributed by atoms with van der Waals surface area (Å²) in [7, 11) is 1.70. The van der Waals surface area contributed by atoms with Crippen molar-refractivity contribution in [3.05, 3.63) is 143 Å². The first kappa shape index (κ1) is 36.4. The van der Waals surface area contributed by atoms with Crippen LogP contribution in [0.2, 0.25) is 0 Å². The SMILES string of the molecule is CN(CCOCc1ccccc1)C(=O)C(Cc1ccccc1)N(Cc1ccc(N2CCOCC2)cc1)C(=O)C=Cc1ccc(C(F)(F)F)cc1. The van der Waals surface area contributed by atoms with Gasteiger partial charge in [0.25, 0.3) is 0 Å². The Bertz CT molecular complexity index is 1680. The number of alkyl halides is 3. The second kappa shape index (κ2) is 17.6. The number of halogens is 3. The lowest BCUT2D eigenvalue weighted by molar-refractivity contribution is -0.143. The van der Waals surface area contributed by atoms with Gasteiger partial charge in [-0.25, -0.2) is 0 Å². The average molecular weight is 686 g/mol. The number of rotatable bonds is 14. The molecule has 0 radical (unpaired) electrons. The Hall–Kier alpha value is -4.93. The van der Waals surface area contributed by atoms with E-state index in [4.69, 9.17) is 9.47 Å². The third-order valence-electron chi connectivity index (χ3n) is 8.60. The fourth-order valence-electron chi connectivity index (χ4n) is 5.72. The van der Waals surface area contributed by atoms with Crippen molar-refractivity contribution in [2.24, 2.45) is 0 Å². The summed E-state index contributed by atoms with van der Waals surface area (Å²) in [4.78, 5) is 33.7. The van der Waals surface area contributed by atoms with Gasteiger partial charge in [-0.2, -0.15) is 13.2 Å². The van der Waals surface area contributed by atoms with Crippen LogP contribution in [0.5, 0.6) is 0 Å². The first-order valence-corrected chi connectivity index (χ1v) is 16.7. The van der Waals surface area contributed by atoms with E-state index in [2.05, 4.69) is 4.90 Å². The summed E-state index contributed by atoms with van der Waals surface area (Å²) in [5, 5.41) is 0. The van der Waals surface area contributed by atoms with Crippen molar-refractivity contribution in [1.82, 2.24) is 9.80 Å². The molecule has 1 saturated heterocycles. The number of ether oxygens (including phenoxy) is 2. The van der Waals surface area contributed by atoms with E-state index in [0.29, 0.717) is 38.5 Å². The van der Waals surface area contributed by atoms with Crippen LogP contribution in [0.1, 0.15) is 27.8 Å². The van der Waals surface area contributed by atoms with E-state index in [1.807, 2.05) is 84.9 Å². The summed E-state index contributed by atoms with van der Waals surface area (Å²) < 4.78 is 50.7. The second-order valence-electron chi connectivity index (χ2n) is 12.2. The topological polar surface area (TPSA) is 62.3 Å². The Kier molecular flexibility index (Phi) is 12.8. The zero-order valence-corrected chi connectivity index (χ0v) is 28.1. The summed E-state index contributed by atoms with van der Waals surface area (Å²) in [6, 6.07) is 30.9. The Labute approximate surface area is 291 Å². The molecule has 1 unspecified atom stereocenters. The Morgan fingerprint density at radius 2 is 1.46 bits per heavy atom. The summed E-state index contributed by atoms with van der Waals surface area (Å²) in [6.45, 7) is 4.06. The first-order chi connectivity index (χ1) is 24.2. The van der Waals surface area contributed by atoms with Crippen molar-refractivity contribution in [1.29, 1.82) is 0 Å². The van der Waals surface area contributed by atoms with Crippen LogP contribution < -0.4 is 4.90 Å². The predicted molar refractivity (Wildman–Crippen MR) is 188 cm³/mol. The van der Waals surface area contributed by atoms with Gasteiger partial charge in [-0.05, 0) is 52.6 Å². The molecule has 1 heterocycles. The van der Waals surface area contributed by atoms with Crippen molar-refractivity contribution < 1.29 is 32.2 Å². The third kappa shape index (κ3) is 10.5. The van der Waals surface area contributed by atoms with Gasteiger partial charge in [0.1, 0.15) is 6.04 Å². The van der Waals surface area contributed by atoms with Crippen molar-refractivity contribution >= 4 is 23.6 Å². The van der Waals surface area contributed by atoms with Gasteiger partial charge in [-0.1, -0.05) is 84.9 Å². The first-order valence-electron chi connectivity index (χ1n) is 16.7. The fourth-order valence-corrected chi connectivity index (χ4v) is 5.72. The molecule has 50 heavy (non-hydrogen) atoms. The maximum Gasteiger partial charge on any atom is 0.416 e. The summed E-state index contributed by atoms with van der Waals surface area (Å²) in [5.74, 6) is -0.691. The molecule has 4 aromatic carbocycles. The highest BCUT2D eigenvalue weighted by molar-refractivity contribution is 5.95. The van der Waals surface area contributed by atoms with Crippen LogP contribution in [-0.2, 0) is 44.8 Å². The van der Waals surface area contributed by atoms with E-state index in [1.165, 1.54) is 24.3 Å². The number of hydrogen-bond donors (Lipinski definition) is 0. The Morgan fingerprint density at radius 3 is 2.08 bits per heavy atom. The number of morpholine rings is 1. The predicted octanol–water partition coefficient (Wildman–Crippen LogP) is 6.87. The maximum atomic E-state index is 14.2. The van der Waals surface area contributed by atoms with Crippen LogP contribution in [0.15, 0.2) is 115 Å². The van der Waals surface area contributed by atoms with Crippen LogP contribution in [0.25, 0.3) is 6.08 Å². The maximum absolute atomic E-state index is 14.2. The molecule has 0 aliphatic carbocycles. The van der Waals surface area contributed by atoms with Gasteiger partial charge in [0.15, 0.2) is 0 Å². The standard InChI is InChI=1S/C40H42F3N3O4/c1-44(22-25-50-30-34-10-6-3-7-11-34)39(48)37(28-32-8-4-2-5-9-32)46(29-33-14-19-36(20-15-33)45-23-26-49-27-24-45)38(47)21-16-31-12-17-35(18-13-31)40(41,42)43/h2-21,37H,22-30H2,1H3. The second-order valence-corrected chi connectivity index (χ2v) is 12.2. The average Bonchev–Trinajstić information content (AvgIpc) is 3.14. The summed E-state index contributed by atoms with van der Waals surface area (Å²) in [6.07, 6.45) is -1.41. The number of nitrogens with zero attached hydrogens (tertiary/aromatic N) is 3. The molecule has 0 N–H and O–H groups in total. The van der Waals surface area contributed by atoms with Crippen molar-refractivity contribution in [2.75, 3.05) is 51.4 Å². The molecule has 0 saturated carbocycles. The Morgan fingerprint density at radius 1 is 0.840 bits per heavy atom. The molecular weight excluding hydrogens is 643 g/mol. The Balaban J connectivity index is 1.39. The van der Waals surface area contributed by atoms with Crippen LogP contribution in [0.4, 0.5) is 18.9 Å². The largest absolute Gasteiger partial charge is 0.416 e. The highest BCUT2D eigenvalue weighted by Crippen LogP contribution is 2.29. The van der Waals surface area contributed by atoms with E-state index in [9.17, 15) is 22.8 Å². The van der Waals surface area contributed by atoms with Crippen LogP contribution in [-0.4, -0.2) is 74.2 Å². The molecular formula is C40H42F3N3O4. The van der Waals surface area contributed by atoms with E-state index in [0.717, 1.165) is 47.6 Å². The number of likely N-dealkylation sites (N-methyl/N-ethyl adjacent to an activating group) is 1. The molecule has 10 heteroatoms. The monoisotopic (exact) mass is 685 g/mol. The third-order valence-corrected chi connectivity index (χ3v) is 8.60. The molecule has 1 fully saturated rings. The lowest BCUT2D eigenvalue weighted by Gasteiger charge is -2.33. The molecule has 0 spiro atoms. The number of benzene rings is 4. The normalized spacial score (nSPS) is 14.0. The zero-order valence-electron chi connectivity index (χ0n) is 28.1. The zero-order chi connectivity index (χ0) is 35.3. The van der Waals surface area contributed by atoms with E-state index in [-0.39, 0.29) is 18.9 Å². The molecule has 1 atom stereocenters. The van der Waals surface area contributed by atoms with E-state index in [1.54, 1.807) is 16.8 Å².